The summed E-state index contributed by atoms with van der Waals surface area (Å²) in [7, 11) is 0. The van der Waals surface area contributed by atoms with E-state index in [0.717, 1.165) is 31.5 Å². The van der Waals surface area contributed by atoms with Crippen molar-refractivity contribution in [3.05, 3.63) is 23.9 Å². The first-order valence-corrected chi connectivity index (χ1v) is 7.40. The maximum Gasteiger partial charge on any atom is 0.320 e. The van der Waals surface area contributed by atoms with Crippen LogP contribution < -0.4 is 10.6 Å². The Morgan fingerprint density at radius 1 is 1.24 bits per heavy atom. The number of likely N-dealkylation sites (tertiary alicyclic amines) is 1. The minimum absolute atomic E-state index is 0.114. The van der Waals surface area contributed by atoms with Gasteiger partial charge in [0, 0.05) is 32.3 Å². The molecule has 21 heavy (non-hydrogen) atoms. The van der Waals surface area contributed by atoms with Gasteiger partial charge in [0.2, 0.25) is 5.91 Å². The number of rotatable bonds is 4. The summed E-state index contributed by atoms with van der Waals surface area (Å²) >= 11 is 0. The normalized spacial score (nSPS) is 14.6. The molecule has 0 radical (unpaired) electrons. The molecule has 0 bridgehead atoms. The Morgan fingerprint density at radius 3 is 2.67 bits per heavy atom. The van der Waals surface area contributed by atoms with Crippen molar-refractivity contribution in [2.45, 2.75) is 32.6 Å². The van der Waals surface area contributed by atoms with E-state index in [1.807, 2.05) is 17.9 Å². The quantitative estimate of drug-likeness (QED) is 0.889. The number of amides is 3. The summed E-state index contributed by atoms with van der Waals surface area (Å²) in [6.07, 6.45) is 5.40. The Kier molecular flexibility index (Phi) is 5.54. The molecule has 0 unspecified atom stereocenters. The zero-order valence-corrected chi connectivity index (χ0v) is 12.4. The van der Waals surface area contributed by atoms with Crippen LogP contribution in [0.15, 0.2) is 18.3 Å². The monoisotopic (exact) mass is 290 g/mol. The van der Waals surface area contributed by atoms with Crippen molar-refractivity contribution in [3.8, 4) is 0 Å². The number of carbonyl (C=O) groups excluding carboxylic acids is 2. The van der Waals surface area contributed by atoms with E-state index < -0.39 is 0 Å². The Hall–Kier alpha value is -2.11. The number of nitrogens with zero attached hydrogens (tertiary/aromatic N) is 2. The SMILES string of the molecule is Cc1ccc(NC(=O)NCCC(=O)N2CCCCC2)nc1. The van der Waals surface area contributed by atoms with Crippen molar-refractivity contribution in [3.63, 3.8) is 0 Å². The van der Waals surface area contributed by atoms with Gasteiger partial charge < -0.3 is 10.2 Å². The molecule has 0 saturated carbocycles. The Bertz CT molecular complexity index is 481. The predicted molar refractivity (Wildman–Crippen MR) is 81.0 cm³/mol. The first kappa shape index (κ1) is 15.3. The third-order valence-electron chi connectivity index (χ3n) is 3.49. The average molecular weight is 290 g/mol. The smallest absolute Gasteiger partial charge is 0.320 e. The summed E-state index contributed by atoms with van der Waals surface area (Å²) < 4.78 is 0. The summed E-state index contributed by atoms with van der Waals surface area (Å²) in [5, 5.41) is 5.31. The molecular formula is C15H22N4O2. The van der Waals surface area contributed by atoms with E-state index in [2.05, 4.69) is 15.6 Å². The number of urea groups is 1. The van der Waals surface area contributed by atoms with E-state index >= 15 is 0 Å². The predicted octanol–water partition coefficient (Wildman–Crippen LogP) is 1.91. The second-order valence-electron chi connectivity index (χ2n) is 5.29. The van der Waals surface area contributed by atoms with Gasteiger partial charge in [0.05, 0.1) is 0 Å². The fourth-order valence-electron chi connectivity index (χ4n) is 2.29. The lowest BCUT2D eigenvalue weighted by Crippen LogP contribution is -2.38. The molecule has 2 N–H and O–H groups in total. The van der Waals surface area contributed by atoms with Crippen molar-refractivity contribution in [1.82, 2.24) is 15.2 Å². The van der Waals surface area contributed by atoms with E-state index in [1.165, 1.54) is 6.42 Å². The van der Waals surface area contributed by atoms with Crippen LogP contribution in [0.2, 0.25) is 0 Å². The number of pyridine rings is 1. The summed E-state index contributed by atoms with van der Waals surface area (Å²) in [4.78, 5) is 29.6. The highest BCUT2D eigenvalue weighted by atomic mass is 16.2. The molecule has 6 nitrogen and oxygen atoms in total. The van der Waals surface area contributed by atoms with Gasteiger partial charge >= 0.3 is 6.03 Å². The number of nitrogens with one attached hydrogen (secondary N) is 2. The highest BCUT2D eigenvalue weighted by Gasteiger charge is 2.16. The third-order valence-corrected chi connectivity index (χ3v) is 3.49. The molecule has 1 aliphatic rings. The second-order valence-corrected chi connectivity index (χ2v) is 5.29. The van der Waals surface area contributed by atoms with Crippen LogP contribution in [0.3, 0.4) is 0 Å². The first-order chi connectivity index (χ1) is 10.1. The lowest BCUT2D eigenvalue weighted by Gasteiger charge is -2.26. The number of hydrogen-bond acceptors (Lipinski definition) is 3. The maximum absolute atomic E-state index is 11.9. The molecule has 114 valence electrons. The van der Waals surface area contributed by atoms with Gasteiger partial charge in [0.25, 0.3) is 0 Å². The zero-order chi connectivity index (χ0) is 15.1. The first-order valence-electron chi connectivity index (χ1n) is 7.40. The molecule has 1 aliphatic heterocycles. The fourth-order valence-corrected chi connectivity index (χ4v) is 2.29. The standard InChI is InChI=1S/C15H22N4O2/c1-12-5-6-13(17-11-12)18-15(21)16-8-7-14(20)19-9-3-2-4-10-19/h5-6,11H,2-4,7-10H2,1H3,(H2,16,17,18,21). The van der Waals surface area contributed by atoms with Gasteiger partial charge in [0.1, 0.15) is 5.82 Å². The van der Waals surface area contributed by atoms with Crippen LogP contribution >= 0.6 is 0 Å². The number of aryl methyl sites for hydroxylation is 1. The molecule has 6 heteroatoms. The van der Waals surface area contributed by atoms with E-state index in [9.17, 15) is 9.59 Å². The molecule has 2 heterocycles. The lowest BCUT2D eigenvalue weighted by atomic mass is 10.1. The van der Waals surface area contributed by atoms with Crippen LogP contribution in [0.25, 0.3) is 0 Å². The lowest BCUT2D eigenvalue weighted by molar-refractivity contribution is -0.131. The minimum atomic E-state index is -0.335. The molecular weight excluding hydrogens is 268 g/mol. The van der Waals surface area contributed by atoms with Gasteiger partial charge in [-0.3, -0.25) is 10.1 Å². The van der Waals surface area contributed by atoms with Crippen LogP contribution in [-0.2, 0) is 4.79 Å². The average Bonchev–Trinajstić information content (AvgIpc) is 2.50. The zero-order valence-electron chi connectivity index (χ0n) is 12.4. The second kappa shape index (κ2) is 7.61. The maximum atomic E-state index is 11.9. The van der Waals surface area contributed by atoms with Crippen LogP contribution in [-0.4, -0.2) is 41.5 Å². The summed E-state index contributed by atoms with van der Waals surface area (Å²) in [6.45, 7) is 3.96. The van der Waals surface area contributed by atoms with Crippen LogP contribution in [0, 0.1) is 6.92 Å². The minimum Gasteiger partial charge on any atom is -0.343 e. The van der Waals surface area contributed by atoms with Gasteiger partial charge in [-0.2, -0.15) is 0 Å². The Morgan fingerprint density at radius 2 is 2.00 bits per heavy atom. The van der Waals surface area contributed by atoms with Crippen molar-refractivity contribution >= 4 is 17.8 Å². The summed E-state index contributed by atoms with van der Waals surface area (Å²) in [5.41, 5.74) is 1.04. The molecule has 0 spiro atoms. The van der Waals surface area contributed by atoms with Crippen LogP contribution in [0.4, 0.5) is 10.6 Å². The van der Waals surface area contributed by atoms with E-state index in [-0.39, 0.29) is 11.9 Å². The molecule has 2 rings (SSSR count). The van der Waals surface area contributed by atoms with Gasteiger partial charge in [0.15, 0.2) is 0 Å². The van der Waals surface area contributed by atoms with Crippen molar-refractivity contribution in [1.29, 1.82) is 0 Å². The van der Waals surface area contributed by atoms with E-state index in [4.69, 9.17) is 0 Å². The highest BCUT2D eigenvalue weighted by molar-refractivity contribution is 5.88. The number of aromatic nitrogens is 1. The van der Waals surface area contributed by atoms with E-state index in [0.29, 0.717) is 18.8 Å². The Labute approximate surface area is 124 Å². The van der Waals surface area contributed by atoms with Gasteiger partial charge in [-0.15, -0.1) is 0 Å². The van der Waals surface area contributed by atoms with Gasteiger partial charge in [-0.25, -0.2) is 9.78 Å². The van der Waals surface area contributed by atoms with Gasteiger partial charge in [-0.1, -0.05) is 6.07 Å². The molecule has 0 atom stereocenters. The topological polar surface area (TPSA) is 74.3 Å². The summed E-state index contributed by atoms with van der Waals surface area (Å²) in [5.74, 6) is 0.615. The van der Waals surface area contributed by atoms with E-state index in [1.54, 1.807) is 12.3 Å². The number of anilines is 1. The molecule has 1 saturated heterocycles. The van der Waals surface area contributed by atoms with Crippen molar-refractivity contribution < 1.29 is 9.59 Å². The Balaban J connectivity index is 1.66. The summed E-state index contributed by atoms with van der Waals surface area (Å²) in [6, 6.07) is 3.29. The van der Waals surface area contributed by atoms with Crippen molar-refractivity contribution in [2.75, 3.05) is 25.0 Å². The molecule has 0 aromatic carbocycles. The van der Waals surface area contributed by atoms with Crippen molar-refractivity contribution in [2.24, 2.45) is 0 Å². The van der Waals surface area contributed by atoms with Crippen LogP contribution in [0.5, 0.6) is 0 Å². The highest BCUT2D eigenvalue weighted by Crippen LogP contribution is 2.09. The molecule has 1 aromatic rings. The third kappa shape index (κ3) is 5.06. The number of piperidine rings is 1. The number of hydrogen-bond donors (Lipinski definition) is 2. The number of carbonyl (C=O) groups is 2. The molecule has 1 aromatic heterocycles. The van der Waals surface area contributed by atoms with Crippen LogP contribution in [0.1, 0.15) is 31.2 Å². The molecule has 3 amide bonds. The largest absolute Gasteiger partial charge is 0.343 e. The fraction of sp³-hybridized carbons (Fsp3) is 0.533. The van der Waals surface area contributed by atoms with Gasteiger partial charge in [-0.05, 0) is 37.8 Å². The molecule has 1 fully saturated rings. The molecule has 0 aliphatic carbocycles.